The number of carbonyl (C=O) groups excluding carboxylic acids is 2. The molecule has 5 heteroatoms. The molecule has 0 aliphatic carbocycles. The summed E-state index contributed by atoms with van der Waals surface area (Å²) in [5.41, 5.74) is 2.05. The molecule has 0 bridgehead atoms. The highest BCUT2D eigenvalue weighted by Crippen LogP contribution is 2.26. The summed E-state index contributed by atoms with van der Waals surface area (Å²) in [4.78, 5) is 26.4. The number of rotatable bonds is 4. The molecule has 0 saturated heterocycles. The second kappa shape index (κ2) is 6.81. The third-order valence-electron chi connectivity index (χ3n) is 4.13. The van der Waals surface area contributed by atoms with Crippen LogP contribution in [0.5, 0.6) is 0 Å². The Balaban J connectivity index is 1.75. The highest BCUT2D eigenvalue weighted by Gasteiger charge is 2.26. The van der Waals surface area contributed by atoms with E-state index in [1.54, 1.807) is 27.0 Å². The van der Waals surface area contributed by atoms with Gasteiger partial charge in [0.25, 0.3) is 5.91 Å². The van der Waals surface area contributed by atoms with Crippen molar-refractivity contribution in [3.63, 3.8) is 0 Å². The molecule has 0 saturated carbocycles. The number of fused-ring (bicyclic) bond motifs is 1. The molecule has 3 rings (SSSR count). The molecule has 1 atom stereocenters. The molecule has 0 spiro atoms. The van der Waals surface area contributed by atoms with Gasteiger partial charge in [-0.05, 0) is 32.0 Å². The standard InChI is InChI=1S/C20H19NO4/c1-13-16-11-7-8-12-17(16)25-18(13)20(23)24-14(2)19(22)21(3)15-9-5-4-6-10-15/h4-12,14H,1-3H3/t14-/m1/s1. The Hall–Kier alpha value is -3.08. The van der Waals surface area contributed by atoms with E-state index < -0.39 is 12.1 Å². The minimum Gasteiger partial charge on any atom is -0.449 e. The van der Waals surface area contributed by atoms with Gasteiger partial charge in [-0.3, -0.25) is 4.79 Å². The van der Waals surface area contributed by atoms with Crippen LogP contribution in [-0.4, -0.2) is 25.0 Å². The Morgan fingerprint density at radius 3 is 2.36 bits per heavy atom. The number of aryl methyl sites for hydroxylation is 1. The molecule has 3 aromatic rings. The number of benzene rings is 2. The number of para-hydroxylation sites is 2. The van der Waals surface area contributed by atoms with Crippen molar-refractivity contribution in [1.82, 2.24) is 0 Å². The molecule has 1 amide bonds. The zero-order chi connectivity index (χ0) is 18.0. The maximum absolute atomic E-state index is 12.5. The number of esters is 1. The number of nitrogens with zero attached hydrogens (tertiary/aromatic N) is 1. The summed E-state index contributed by atoms with van der Waals surface area (Å²) in [6.07, 6.45) is -0.926. The summed E-state index contributed by atoms with van der Waals surface area (Å²) in [6, 6.07) is 16.6. The Bertz CT molecular complexity index is 914. The monoisotopic (exact) mass is 337 g/mol. The predicted octanol–water partition coefficient (Wildman–Crippen LogP) is 3.95. The van der Waals surface area contributed by atoms with Gasteiger partial charge in [-0.25, -0.2) is 4.79 Å². The summed E-state index contributed by atoms with van der Waals surface area (Å²) in [7, 11) is 1.65. The summed E-state index contributed by atoms with van der Waals surface area (Å²) >= 11 is 0. The zero-order valence-electron chi connectivity index (χ0n) is 14.4. The van der Waals surface area contributed by atoms with Gasteiger partial charge in [0.1, 0.15) is 5.58 Å². The number of hydrogen-bond acceptors (Lipinski definition) is 4. The molecule has 2 aromatic carbocycles. The van der Waals surface area contributed by atoms with Gasteiger partial charge < -0.3 is 14.1 Å². The molecule has 0 N–H and O–H groups in total. The van der Waals surface area contributed by atoms with E-state index in [4.69, 9.17) is 9.15 Å². The van der Waals surface area contributed by atoms with Crippen LogP contribution < -0.4 is 4.90 Å². The van der Waals surface area contributed by atoms with E-state index in [0.29, 0.717) is 11.1 Å². The molecule has 1 heterocycles. The molecule has 0 radical (unpaired) electrons. The van der Waals surface area contributed by atoms with Gasteiger partial charge in [0.15, 0.2) is 6.10 Å². The molecule has 0 unspecified atom stereocenters. The summed E-state index contributed by atoms with van der Waals surface area (Å²) in [6.45, 7) is 3.35. The minimum absolute atomic E-state index is 0.128. The van der Waals surface area contributed by atoms with Crippen molar-refractivity contribution >= 4 is 28.5 Å². The van der Waals surface area contributed by atoms with E-state index >= 15 is 0 Å². The fourth-order valence-corrected chi connectivity index (χ4v) is 2.69. The lowest BCUT2D eigenvalue weighted by Gasteiger charge is -2.21. The summed E-state index contributed by atoms with van der Waals surface area (Å²) in [5, 5.41) is 0.856. The molecular formula is C20H19NO4. The van der Waals surface area contributed by atoms with E-state index in [2.05, 4.69) is 0 Å². The van der Waals surface area contributed by atoms with Gasteiger partial charge in [-0.1, -0.05) is 36.4 Å². The van der Waals surface area contributed by atoms with Gasteiger partial charge in [0.05, 0.1) is 0 Å². The molecule has 1 aromatic heterocycles. The van der Waals surface area contributed by atoms with Crippen molar-refractivity contribution < 1.29 is 18.7 Å². The first-order valence-corrected chi connectivity index (χ1v) is 8.00. The van der Waals surface area contributed by atoms with E-state index in [1.807, 2.05) is 48.5 Å². The molecular weight excluding hydrogens is 318 g/mol. The smallest absolute Gasteiger partial charge is 0.375 e. The fraction of sp³-hybridized carbons (Fsp3) is 0.200. The van der Waals surface area contributed by atoms with Crippen molar-refractivity contribution in [3.05, 3.63) is 65.9 Å². The maximum Gasteiger partial charge on any atom is 0.375 e. The number of ether oxygens (including phenoxy) is 1. The topological polar surface area (TPSA) is 59.8 Å². The first-order valence-electron chi connectivity index (χ1n) is 8.00. The van der Waals surface area contributed by atoms with E-state index in [0.717, 1.165) is 11.1 Å². The molecule has 0 fully saturated rings. The molecule has 0 aliphatic heterocycles. The van der Waals surface area contributed by atoms with Crippen LogP contribution in [0, 0.1) is 6.92 Å². The Kier molecular flexibility index (Phi) is 4.57. The lowest BCUT2D eigenvalue weighted by molar-refractivity contribution is -0.126. The first-order chi connectivity index (χ1) is 12.0. The highest BCUT2D eigenvalue weighted by molar-refractivity contribution is 6.00. The van der Waals surface area contributed by atoms with Crippen LogP contribution in [0.4, 0.5) is 5.69 Å². The predicted molar refractivity (Wildman–Crippen MR) is 95.7 cm³/mol. The van der Waals surface area contributed by atoms with E-state index in [-0.39, 0.29) is 11.7 Å². The van der Waals surface area contributed by atoms with E-state index in [9.17, 15) is 9.59 Å². The van der Waals surface area contributed by atoms with Crippen LogP contribution in [0.2, 0.25) is 0 Å². The third-order valence-corrected chi connectivity index (χ3v) is 4.13. The normalized spacial score (nSPS) is 12.0. The van der Waals surface area contributed by atoms with Gasteiger partial charge in [-0.15, -0.1) is 0 Å². The van der Waals surface area contributed by atoms with Gasteiger partial charge >= 0.3 is 5.97 Å². The third kappa shape index (κ3) is 3.26. The van der Waals surface area contributed by atoms with E-state index in [1.165, 1.54) is 4.90 Å². The number of hydrogen-bond donors (Lipinski definition) is 0. The highest BCUT2D eigenvalue weighted by atomic mass is 16.6. The first kappa shape index (κ1) is 16.8. The molecule has 128 valence electrons. The molecule has 0 aliphatic rings. The Morgan fingerprint density at radius 2 is 1.68 bits per heavy atom. The summed E-state index contributed by atoms with van der Waals surface area (Å²) < 4.78 is 10.9. The van der Waals surface area contributed by atoms with Gasteiger partial charge in [0, 0.05) is 23.7 Å². The van der Waals surface area contributed by atoms with Crippen molar-refractivity contribution in [2.75, 3.05) is 11.9 Å². The van der Waals surface area contributed by atoms with Crippen LogP contribution in [0.25, 0.3) is 11.0 Å². The van der Waals surface area contributed by atoms with Crippen molar-refractivity contribution in [2.45, 2.75) is 20.0 Å². The largest absolute Gasteiger partial charge is 0.449 e. The second-order valence-electron chi connectivity index (χ2n) is 5.83. The van der Waals surface area contributed by atoms with Crippen LogP contribution in [0.3, 0.4) is 0 Å². The Labute approximate surface area is 145 Å². The van der Waals surface area contributed by atoms with Gasteiger partial charge in [-0.2, -0.15) is 0 Å². The number of furan rings is 1. The van der Waals surface area contributed by atoms with Crippen molar-refractivity contribution in [1.29, 1.82) is 0 Å². The maximum atomic E-state index is 12.5. The van der Waals surface area contributed by atoms with Crippen molar-refractivity contribution in [3.8, 4) is 0 Å². The lowest BCUT2D eigenvalue weighted by atomic mass is 10.1. The van der Waals surface area contributed by atoms with Crippen LogP contribution >= 0.6 is 0 Å². The van der Waals surface area contributed by atoms with Crippen LogP contribution in [-0.2, 0) is 9.53 Å². The quantitative estimate of drug-likeness (QED) is 0.676. The Morgan fingerprint density at radius 1 is 1.04 bits per heavy atom. The van der Waals surface area contributed by atoms with Crippen molar-refractivity contribution in [2.24, 2.45) is 0 Å². The fourth-order valence-electron chi connectivity index (χ4n) is 2.69. The van der Waals surface area contributed by atoms with Crippen LogP contribution in [0.1, 0.15) is 23.0 Å². The average Bonchev–Trinajstić information content (AvgIpc) is 2.98. The zero-order valence-corrected chi connectivity index (χ0v) is 14.4. The molecule has 25 heavy (non-hydrogen) atoms. The number of carbonyl (C=O) groups is 2. The number of anilines is 1. The minimum atomic E-state index is -0.926. The number of amides is 1. The molecule has 5 nitrogen and oxygen atoms in total. The average molecular weight is 337 g/mol. The lowest BCUT2D eigenvalue weighted by Crippen LogP contribution is -2.37. The second-order valence-corrected chi connectivity index (χ2v) is 5.83. The summed E-state index contributed by atoms with van der Waals surface area (Å²) in [5.74, 6) is -0.826. The number of likely N-dealkylation sites (N-methyl/N-ethyl adjacent to an activating group) is 1. The SMILES string of the molecule is Cc1c(C(=O)O[C@H](C)C(=O)N(C)c2ccccc2)oc2ccccc12. The van der Waals surface area contributed by atoms with Gasteiger partial charge in [0.2, 0.25) is 5.76 Å². The van der Waals surface area contributed by atoms with Crippen LogP contribution in [0.15, 0.2) is 59.0 Å².